The molecule has 0 amide bonds. The molecule has 3 aromatic rings. The van der Waals surface area contributed by atoms with Gasteiger partial charge in [0.15, 0.2) is 5.69 Å². The molecule has 2 aromatic heterocycles. The third-order valence-corrected chi connectivity index (χ3v) is 7.65. The molecule has 0 aliphatic carbocycles. The maximum atomic E-state index is 2.53. The highest BCUT2D eigenvalue weighted by atomic mass is 32.1. The highest BCUT2D eigenvalue weighted by Gasteiger charge is 2.14. The summed E-state index contributed by atoms with van der Waals surface area (Å²) in [6.45, 7) is 7.95. The van der Waals surface area contributed by atoms with Crippen LogP contribution in [0.5, 0.6) is 0 Å². The summed E-state index contributed by atoms with van der Waals surface area (Å²) >= 11 is 1.98. The van der Waals surface area contributed by atoms with Crippen LogP contribution < -0.4 is 4.57 Å². The van der Waals surface area contributed by atoms with Gasteiger partial charge in [0.25, 0.3) is 0 Å². The summed E-state index contributed by atoms with van der Waals surface area (Å²) in [6.07, 6.45) is 16.1. The van der Waals surface area contributed by atoms with Gasteiger partial charge in [0.1, 0.15) is 6.54 Å². The van der Waals surface area contributed by atoms with E-state index in [0.29, 0.717) is 0 Å². The van der Waals surface area contributed by atoms with Gasteiger partial charge < -0.3 is 0 Å². The molecule has 0 N–H and O–H groups in total. The number of unbranched alkanes of at least 4 members (excludes halogenated alkanes) is 9. The van der Waals surface area contributed by atoms with Gasteiger partial charge in [-0.25, -0.2) is 0 Å². The molecule has 0 fully saturated rings. The average Bonchev–Trinajstić information content (AvgIpc) is 3.26. The fourth-order valence-electron chi connectivity index (χ4n) is 4.49. The number of thiophene rings is 1. The summed E-state index contributed by atoms with van der Waals surface area (Å²) in [7, 11) is 0. The largest absolute Gasteiger partial charge is 0.212 e. The molecule has 0 spiro atoms. The summed E-state index contributed by atoms with van der Waals surface area (Å²) in [6, 6.07) is 16.3. The number of nitrogens with zero attached hydrogens (tertiary/aromatic N) is 1. The Hall–Kier alpha value is -1.67. The molecule has 0 bridgehead atoms. The van der Waals surface area contributed by atoms with Crippen molar-refractivity contribution in [3.63, 3.8) is 0 Å². The molecular formula is C29H42NS+. The number of pyridine rings is 1. The van der Waals surface area contributed by atoms with Crippen LogP contribution in [0, 0.1) is 6.92 Å². The van der Waals surface area contributed by atoms with Crippen molar-refractivity contribution in [2.75, 3.05) is 0 Å². The van der Waals surface area contributed by atoms with E-state index in [4.69, 9.17) is 0 Å². The third kappa shape index (κ3) is 7.17. The lowest BCUT2D eigenvalue weighted by atomic mass is 10.1. The van der Waals surface area contributed by atoms with Crippen LogP contribution in [0.3, 0.4) is 0 Å². The fraction of sp³-hybridized carbons (Fsp3) is 0.552. The molecule has 0 atom stereocenters. The Kier molecular flexibility index (Phi) is 10.1. The van der Waals surface area contributed by atoms with Gasteiger partial charge in [0, 0.05) is 40.6 Å². The summed E-state index contributed by atoms with van der Waals surface area (Å²) in [5, 5.41) is 1.36. The number of aromatic nitrogens is 1. The summed E-state index contributed by atoms with van der Waals surface area (Å²) < 4.78 is 2.53. The lowest BCUT2D eigenvalue weighted by Crippen LogP contribution is -2.37. The molecule has 0 saturated heterocycles. The van der Waals surface area contributed by atoms with Gasteiger partial charge in [-0.2, -0.15) is 4.57 Å². The zero-order valence-corrected chi connectivity index (χ0v) is 20.9. The predicted octanol–water partition coefficient (Wildman–Crippen LogP) is 9.04. The van der Waals surface area contributed by atoms with Crippen LogP contribution >= 0.6 is 11.3 Å². The van der Waals surface area contributed by atoms with E-state index in [2.05, 4.69) is 67.8 Å². The third-order valence-electron chi connectivity index (χ3n) is 6.46. The van der Waals surface area contributed by atoms with Crippen molar-refractivity contribution < 1.29 is 4.57 Å². The Balaban J connectivity index is 1.64. The Morgan fingerprint density at radius 3 is 2.19 bits per heavy atom. The Morgan fingerprint density at radius 2 is 1.42 bits per heavy atom. The van der Waals surface area contributed by atoms with E-state index in [-0.39, 0.29) is 0 Å². The van der Waals surface area contributed by atoms with Crippen LogP contribution in [-0.2, 0) is 13.0 Å². The second-order valence-electron chi connectivity index (χ2n) is 9.10. The van der Waals surface area contributed by atoms with Crippen molar-refractivity contribution in [3.8, 4) is 10.4 Å². The van der Waals surface area contributed by atoms with Crippen LogP contribution in [-0.4, -0.2) is 0 Å². The van der Waals surface area contributed by atoms with Crippen LogP contribution in [0.1, 0.15) is 95.0 Å². The molecule has 0 saturated carbocycles. The van der Waals surface area contributed by atoms with Gasteiger partial charge >= 0.3 is 0 Å². The van der Waals surface area contributed by atoms with Crippen LogP contribution in [0.25, 0.3) is 21.3 Å². The average molecular weight is 437 g/mol. The van der Waals surface area contributed by atoms with Crippen LogP contribution in [0.2, 0.25) is 0 Å². The minimum absolute atomic E-state index is 1.14. The lowest BCUT2D eigenvalue weighted by molar-refractivity contribution is -0.677. The maximum Gasteiger partial charge on any atom is 0.212 e. The summed E-state index contributed by atoms with van der Waals surface area (Å²) in [4.78, 5) is 2.94. The molecule has 0 radical (unpaired) electrons. The molecule has 2 heterocycles. The number of fused-ring (bicyclic) bond motifs is 1. The first-order valence-corrected chi connectivity index (χ1v) is 13.6. The number of hydrogen-bond acceptors (Lipinski definition) is 1. The zero-order valence-electron chi connectivity index (χ0n) is 20.1. The monoisotopic (exact) mass is 436 g/mol. The molecule has 0 aliphatic heterocycles. The first-order valence-electron chi connectivity index (χ1n) is 12.7. The minimum atomic E-state index is 1.14. The fourth-order valence-corrected chi connectivity index (χ4v) is 5.54. The molecule has 1 aromatic carbocycles. The van der Waals surface area contributed by atoms with Gasteiger partial charge in [-0.15, -0.1) is 11.3 Å². The lowest BCUT2D eigenvalue weighted by Gasteiger charge is -2.07. The van der Waals surface area contributed by atoms with Crippen molar-refractivity contribution in [1.29, 1.82) is 0 Å². The van der Waals surface area contributed by atoms with Crippen LogP contribution in [0.15, 0.2) is 42.5 Å². The normalized spacial score (nSPS) is 11.5. The predicted molar refractivity (Wildman–Crippen MR) is 138 cm³/mol. The van der Waals surface area contributed by atoms with Gasteiger partial charge in [-0.1, -0.05) is 65.2 Å². The SMILES string of the molecule is CCCCCCCCC[n+]1c(C)ccc2cc(-c3ccc(CCCCCC)s3)ccc21. The Bertz CT molecular complexity index is 924. The Labute approximate surface area is 194 Å². The highest BCUT2D eigenvalue weighted by molar-refractivity contribution is 7.15. The highest BCUT2D eigenvalue weighted by Crippen LogP contribution is 2.31. The second-order valence-corrected chi connectivity index (χ2v) is 10.3. The first-order chi connectivity index (χ1) is 15.2. The Morgan fingerprint density at radius 1 is 0.710 bits per heavy atom. The van der Waals surface area contributed by atoms with E-state index in [1.807, 2.05) is 11.3 Å². The van der Waals surface area contributed by atoms with Crippen molar-refractivity contribution in [2.24, 2.45) is 0 Å². The molecule has 0 unspecified atom stereocenters. The smallest absolute Gasteiger partial charge is 0.196 e. The van der Waals surface area contributed by atoms with E-state index in [9.17, 15) is 0 Å². The van der Waals surface area contributed by atoms with Gasteiger partial charge in [-0.3, -0.25) is 0 Å². The van der Waals surface area contributed by atoms with Gasteiger partial charge in [-0.05, 0) is 55.2 Å². The zero-order chi connectivity index (χ0) is 21.9. The number of rotatable bonds is 14. The summed E-state index contributed by atoms with van der Waals surface area (Å²) in [5.74, 6) is 0. The van der Waals surface area contributed by atoms with Crippen molar-refractivity contribution in [3.05, 3.63) is 53.0 Å². The molecule has 0 aliphatic rings. The van der Waals surface area contributed by atoms with E-state index in [1.54, 1.807) is 0 Å². The standard InChI is InChI=1S/C29H42NS/c1-4-6-8-10-11-12-14-22-30-24(3)16-17-25-23-26(18-20-28(25)30)29-21-19-27(31-29)15-13-9-7-5-2/h16-21,23H,4-15,22H2,1-3H3/q+1. The van der Waals surface area contributed by atoms with E-state index in [1.165, 1.54) is 109 Å². The van der Waals surface area contributed by atoms with E-state index < -0.39 is 0 Å². The van der Waals surface area contributed by atoms with Crippen molar-refractivity contribution >= 4 is 22.2 Å². The quantitative estimate of drug-likeness (QED) is 0.175. The molecule has 31 heavy (non-hydrogen) atoms. The molecule has 3 rings (SSSR count). The van der Waals surface area contributed by atoms with Gasteiger partial charge in [0.05, 0.1) is 0 Å². The van der Waals surface area contributed by atoms with Crippen molar-refractivity contribution in [1.82, 2.24) is 0 Å². The van der Waals surface area contributed by atoms with Crippen molar-refractivity contribution in [2.45, 2.75) is 104 Å². The molecule has 1 nitrogen and oxygen atoms in total. The first kappa shape index (κ1) is 24.0. The van der Waals surface area contributed by atoms with Crippen LogP contribution in [0.4, 0.5) is 0 Å². The molecular weight excluding hydrogens is 394 g/mol. The topological polar surface area (TPSA) is 3.88 Å². The minimum Gasteiger partial charge on any atom is -0.196 e. The molecule has 168 valence electrons. The molecule has 2 heteroatoms. The second kappa shape index (κ2) is 13.0. The van der Waals surface area contributed by atoms with Gasteiger partial charge in [0.2, 0.25) is 5.52 Å². The van der Waals surface area contributed by atoms with E-state index in [0.717, 1.165) is 6.54 Å². The van der Waals surface area contributed by atoms with E-state index >= 15 is 0 Å². The maximum absolute atomic E-state index is 2.53. The number of hydrogen-bond donors (Lipinski definition) is 0. The summed E-state index contributed by atoms with van der Waals surface area (Å²) in [5.41, 5.74) is 4.12. The number of benzene rings is 1. The number of aryl methyl sites for hydroxylation is 3.